The zero-order chi connectivity index (χ0) is 9.73. The Labute approximate surface area is 77.7 Å². The molecule has 0 spiro atoms. The fourth-order valence-corrected chi connectivity index (χ4v) is 3.35. The number of hydrogen-bond donors (Lipinski definition) is 0. The molecule has 74 valence electrons. The highest BCUT2D eigenvalue weighted by Gasteiger charge is 2.27. The second kappa shape index (κ2) is 4.48. The maximum atomic E-state index is 11.5. The summed E-state index contributed by atoms with van der Waals surface area (Å²) in [6.45, 7) is 0.0648. The van der Waals surface area contributed by atoms with Crippen LogP contribution in [-0.4, -0.2) is 26.0 Å². The van der Waals surface area contributed by atoms with Crippen molar-refractivity contribution in [3.05, 3.63) is 10.4 Å². The summed E-state index contributed by atoms with van der Waals surface area (Å²) in [5.74, 6) is 0.00171. The molecule has 0 aromatic rings. The van der Waals surface area contributed by atoms with Crippen molar-refractivity contribution in [2.45, 2.75) is 30.9 Å². The third-order valence-electron chi connectivity index (χ3n) is 2.35. The number of azide groups is 1. The van der Waals surface area contributed by atoms with Crippen molar-refractivity contribution < 1.29 is 8.42 Å². The van der Waals surface area contributed by atoms with Crippen LogP contribution in [0.3, 0.4) is 0 Å². The maximum Gasteiger partial charge on any atom is 0.153 e. The van der Waals surface area contributed by atoms with Crippen molar-refractivity contribution in [3.63, 3.8) is 0 Å². The van der Waals surface area contributed by atoms with E-state index in [1.54, 1.807) is 0 Å². The van der Waals surface area contributed by atoms with Gasteiger partial charge < -0.3 is 0 Å². The van der Waals surface area contributed by atoms with Gasteiger partial charge in [0.1, 0.15) is 0 Å². The van der Waals surface area contributed by atoms with Crippen LogP contribution in [0.4, 0.5) is 0 Å². The standard InChI is InChI=1S/C7H13N3O2S/c8-10-9-5-6-13(11,12)7-3-1-2-4-7/h7H,1-6H2. The summed E-state index contributed by atoms with van der Waals surface area (Å²) < 4.78 is 23.0. The summed E-state index contributed by atoms with van der Waals surface area (Å²) >= 11 is 0. The molecule has 0 unspecified atom stereocenters. The van der Waals surface area contributed by atoms with Gasteiger partial charge in [0.2, 0.25) is 0 Å². The third-order valence-corrected chi connectivity index (χ3v) is 4.59. The third kappa shape index (κ3) is 2.90. The molecule has 13 heavy (non-hydrogen) atoms. The first-order valence-corrected chi connectivity index (χ1v) is 6.11. The van der Waals surface area contributed by atoms with Crippen LogP contribution in [0, 0.1) is 0 Å². The lowest BCUT2D eigenvalue weighted by atomic mass is 10.4. The summed E-state index contributed by atoms with van der Waals surface area (Å²) in [4.78, 5) is 2.53. The van der Waals surface area contributed by atoms with Crippen LogP contribution in [0.15, 0.2) is 5.11 Å². The zero-order valence-electron chi connectivity index (χ0n) is 7.39. The largest absolute Gasteiger partial charge is 0.229 e. The van der Waals surface area contributed by atoms with Crippen LogP contribution in [-0.2, 0) is 9.84 Å². The topological polar surface area (TPSA) is 82.9 Å². The van der Waals surface area contributed by atoms with Crippen molar-refractivity contribution in [1.29, 1.82) is 0 Å². The second-order valence-corrected chi connectivity index (χ2v) is 5.63. The van der Waals surface area contributed by atoms with E-state index in [1.807, 2.05) is 0 Å². The van der Waals surface area contributed by atoms with Crippen LogP contribution in [0.25, 0.3) is 10.4 Å². The van der Waals surface area contributed by atoms with Crippen LogP contribution < -0.4 is 0 Å². The molecule has 6 heteroatoms. The molecule has 1 aliphatic carbocycles. The number of nitrogens with zero attached hydrogens (tertiary/aromatic N) is 3. The predicted molar refractivity (Wildman–Crippen MR) is 50.1 cm³/mol. The Morgan fingerprint density at radius 3 is 2.54 bits per heavy atom. The minimum atomic E-state index is -3.00. The Bertz CT molecular complexity index is 300. The van der Waals surface area contributed by atoms with Crippen molar-refractivity contribution >= 4 is 9.84 Å². The fraction of sp³-hybridized carbons (Fsp3) is 1.00. The molecule has 0 saturated heterocycles. The lowest BCUT2D eigenvalue weighted by molar-refractivity contribution is 0.579. The molecular formula is C7H13N3O2S. The van der Waals surface area contributed by atoms with Crippen molar-refractivity contribution in [2.24, 2.45) is 5.11 Å². The Hall–Kier alpha value is -0.740. The smallest absolute Gasteiger partial charge is 0.153 e. The van der Waals surface area contributed by atoms with Crippen LogP contribution >= 0.6 is 0 Å². The second-order valence-electron chi connectivity index (χ2n) is 3.23. The highest BCUT2D eigenvalue weighted by atomic mass is 32.2. The highest BCUT2D eigenvalue weighted by molar-refractivity contribution is 7.92. The van der Waals surface area contributed by atoms with Gasteiger partial charge in [0.15, 0.2) is 9.84 Å². The molecule has 0 heterocycles. The van der Waals surface area contributed by atoms with Gasteiger partial charge in [-0.1, -0.05) is 18.0 Å². The fourth-order valence-electron chi connectivity index (χ4n) is 1.63. The molecule has 0 aliphatic heterocycles. The first-order chi connectivity index (χ1) is 6.17. The van der Waals surface area contributed by atoms with E-state index in [-0.39, 0.29) is 17.5 Å². The lowest BCUT2D eigenvalue weighted by Gasteiger charge is -2.08. The average molecular weight is 203 g/mol. The molecule has 0 N–H and O–H groups in total. The van der Waals surface area contributed by atoms with Crippen molar-refractivity contribution in [2.75, 3.05) is 12.3 Å². The summed E-state index contributed by atoms with van der Waals surface area (Å²) in [6.07, 6.45) is 3.56. The van der Waals surface area contributed by atoms with E-state index < -0.39 is 9.84 Å². The summed E-state index contributed by atoms with van der Waals surface area (Å²) in [6, 6.07) is 0. The van der Waals surface area contributed by atoms with Gasteiger partial charge in [-0.25, -0.2) is 8.42 Å². The molecule has 0 bridgehead atoms. The average Bonchev–Trinajstić information content (AvgIpc) is 2.56. The van der Waals surface area contributed by atoms with Crippen LogP contribution in [0.1, 0.15) is 25.7 Å². The van der Waals surface area contributed by atoms with Gasteiger partial charge in [0.25, 0.3) is 0 Å². The Morgan fingerprint density at radius 2 is 2.00 bits per heavy atom. The molecule has 1 fully saturated rings. The Kier molecular flexibility index (Phi) is 3.57. The number of rotatable bonds is 4. The monoisotopic (exact) mass is 203 g/mol. The summed E-state index contributed by atoms with van der Waals surface area (Å²) in [5, 5.41) is 3.05. The minimum Gasteiger partial charge on any atom is -0.229 e. The van der Waals surface area contributed by atoms with Gasteiger partial charge >= 0.3 is 0 Å². The number of hydrogen-bond acceptors (Lipinski definition) is 3. The van der Waals surface area contributed by atoms with Crippen LogP contribution in [0.5, 0.6) is 0 Å². The normalized spacial score (nSPS) is 18.5. The predicted octanol–water partition coefficient (Wildman–Crippen LogP) is 1.65. The molecule has 1 saturated carbocycles. The Balaban J connectivity index is 2.49. The maximum absolute atomic E-state index is 11.5. The highest BCUT2D eigenvalue weighted by Crippen LogP contribution is 2.24. The van der Waals surface area contributed by atoms with E-state index in [4.69, 9.17) is 5.53 Å². The van der Waals surface area contributed by atoms with E-state index in [2.05, 4.69) is 10.0 Å². The lowest BCUT2D eigenvalue weighted by Crippen LogP contribution is -2.22. The zero-order valence-corrected chi connectivity index (χ0v) is 8.20. The number of sulfone groups is 1. The van der Waals surface area contributed by atoms with E-state index in [1.165, 1.54) is 0 Å². The van der Waals surface area contributed by atoms with Gasteiger partial charge in [0.05, 0.1) is 11.0 Å². The molecule has 1 aliphatic rings. The molecule has 0 atom stereocenters. The summed E-state index contributed by atoms with van der Waals surface area (Å²) in [7, 11) is -3.00. The van der Waals surface area contributed by atoms with E-state index >= 15 is 0 Å². The van der Waals surface area contributed by atoms with E-state index in [0.29, 0.717) is 0 Å². The SMILES string of the molecule is [N-]=[N+]=NCCS(=O)(=O)C1CCCC1. The molecule has 1 rings (SSSR count). The van der Waals surface area contributed by atoms with Crippen molar-refractivity contribution in [3.8, 4) is 0 Å². The van der Waals surface area contributed by atoms with Gasteiger partial charge in [-0.2, -0.15) is 0 Å². The Morgan fingerprint density at radius 1 is 1.38 bits per heavy atom. The van der Waals surface area contributed by atoms with Gasteiger partial charge in [-0.05, 0) is 18.4 Å². The quantitative estimate of drug-likeness (QED) is 0.395. The van der Waals surface area contributed by atoms with Gasteiger partial charge in [0, 0.05) is 11.5 Å². The van der Waals surface area contributed by atoms with Gasteiger partial charge in [-0.15, -0.1) is 0 Å². The molecule has 0 aromatic carbocycles. The first-order valence-electron chi connectivity index (χ1n) is 4.39. The van der Waals surface area contributed by atoms with Gasteiger partial charge in [-0.3, -0.25) is 0 Å². The first kappa shape index (κ1) is 10.3. The van der Waals surface area contributed by atoms with Crippen LogP contribution in [0.2, 0.25) is 0 Å². The molecular weight excluding hydrogens is 190 g/mol. The van der Waals surface area contributed by atoms with E-state index in [0.717, 1.165) is 25.7 Å². The molecule has 0 aromatic heterocycles. The molecule has 5 nitrogen and oxygen atoms in total. The molecule has 0 amide bonds. The van der Waals surface area contributed by atoms with E-state index in [9.17, 15) is 8.42 Å². The molecule has 0 radical (unpaired) electrons. The minimum absolute atomic E-state index is 0.00171. The van der Waals surface area contributed by atoms with Crippen molar-refractivity contribution in [1.82, 2.24) is 0 Å². The summed E-state index contributed by atoms with van der Waals surface area (Å²) in [5.41, 5.74) is 7.99.